The third-order valence-electron chi connectivity index (χ3n) is 4.85. The van der Waals surface area contributed by atoms with Crippen LogP contribution in [-0.2, 0) is 11.2 Å². The van der Waals surface area contributed by atoms with Crippen molar-refractivity contribution in [2.24, 2.45) is 0 Å². The van der Waals surface area contributed by atoms with E-state index in [0.29, 0.717) is 5.82 Å². The van der Waals surface area contributed by atoms with Crippen molar-refractivity contribution in [2.45, 2.75) is 18.9 Å². The number of nitrogens with one attached hydrogen (secondary N) is 2. The first kappa shape index (κ1) is 22.0. The molecule has 15 heteroatoms. The van der Waals surface area contributed by atoms with Gasteiger partial charge in [-0.3, -0.25) is 9.51 Å². The van der Waals surface area contributed by atoms with E-state index in [1.54, 1.807) is 0 Å². The van der Waals surface area contributed by atoms with Crippen LogP contribution in [0.15, 0.2) is 33.6 Å². The highest BCUT2D eigenvalue weighted by atomic mass is 35.5. The average molecular weight is 475 g/mol. The number of aromatic carboxylic acids is 1. The van der Waals surface area contributed by atoms with E-state index in [2.05, 4.69) is 44.7 Å². The lowest BCUT2D eigenvalue weighted by Crippen LogP contribution is -2.13. The molecule has 0 unspecified atom stereocenters. The highest BCUT2D eigenvalue weighted by molar-refractivity contribution is 6.13. The number of hydrogen-bond acceptors (Lipinski definition) is 11. The van der Waals surface area contributed by atoms with E-state index in [1.807, 2.05) is 18.2 Å². The minimum absolute atomic E-state index is 0.0831. The smallest absolute Gasteiger partial charge is 0.439 e. The van der Waals surface area contributed by atoms with Gasteiger partial charge in [-0.15, -0.1) is 0 Å². The van der Waals surface area contributed by atoms with Crippen LogP contribution in [0.2, 0.25) is 0 Å². The van der Waals surface area contributed by atoms with E-state index < -0.39 is 17.7 Å². The highest BCUT2D eigenvalue weighted by Gasteiger charge is 2.22. The molecule has 0 aliphatic heterocycles. The molecule has 0 spiro atoms. The molecule has 0 amide bonds. The van der Waals surface area contributed by atoms with Crippen molar-refractivity contribution in [1.82, 2.24) is 40.0 Å². The van der Waals surface area contributed by atoms with E-state index in [4.69, 9.17) is 16.9 Å². The second-order valence-corrected chi connectivity index (χ2v) is 6.99. The van der Waals surface area contributed by atoms with Gasteiger partial charge in [0, 0.05) is 17.7 Å². The van der Waals surface area contributed by atoms with Crippen molar-refractivity contribution in [2.75, 3.05) is 7.11 Å². The lowest BCUT2D eigenvalue weighted by Gasteiger charge is -2.08. The van der Waals surface area contributed by atoms with Crippen LogP contribution in [-0.4, -0.2) is 59.3 Å². The zero-order valence-corrected chi connectivity index (χ0v) is 17.6. The van der Waals surface area contributed by atoms with Crippen LogP contribution >= 0.6 is 11.8 Å². The zero-order chi connectivity index (χ0) is 23.5. The van der Waals surface area contributed by atoms with Crippen LogP contribution in [0.5, 0.6) is 0 Å². The molecule has 4 aromatic rings. The van der Waals surface area contributed by atoms with Gasteiger partial charge in [0.25, 0.3) is 5.78 Å². The summed E-state index contributed by atoms with van der Waals surface area (Å²) in [5.41, 5.74) is 2.85. The van der Waals surface area contributed by atoms with Gasteiger partial charge in [-0.05, 0) is 52.2 Å². The molecular formula is C18H15ClN8O6. The summed E-state index contributed by atoms with van der Waals surface area (Å²) in [5.74, 6) is -2.20. The largest absolute Gasteiger partial charge is 0.477 e. The fourth-order valence-corrected chi connectivity index (χ4v) is 3.56. The first-order chi connectivity index (χ1) is 15.9. The van der Waals surface area contributed by atoms with Gasteiger partial charge in [-0.1, -0.05) is 22.4 Å². The Hall–Kier alpha value is -4.17. The molecule has 33 heavy (non-hydrogen) atoms. The molecule has 170 valence electrons. The number of tetrazole rings is 1. The quantitative estimate of drug-likeness (QED) is 0.278. The topological polar surface area (TPSA) is 190 Å². The number of carbonyl (C=O) groups excluding carboxylic acids is 1. The molecular weight excluding hydrogens is 460 g/mol. The Balaban J connectivity index is 0.000000157. The van der Waals surface area contributed by atoms with Crippen molar-refractivity contribution in [3.8, 4) is 11.4 Å². The number of halogens is 1. The highest BCUT2D eigenvalue weighted by Crippen LogP contribution is 2.33. The molecule has 1 aliphatic carbocycles. The van der Waals surface area contributed by atoms with Gasteiger partial charge in [0.15, 0.2) is 17.2 Å². The molecule has 3 aromatic heterocycles. The van der Waals surface area contributed by atoms with Gasteiger partial charge >= 0.3 is 17.7 Å². The number of rotatable bonds is 4. The molecule has 1 aromatic carbocycles. The molecule has 14 nitrogen and oxygen atoms in total. The predicted octanol–water partition coefficient (Wildman–Crippen LogP) is 0.765. The molecule has 0 bridgehead atoms. The monoisotopic (exact) mass is 474 g/mol. The number of aromatic amines is 1. The summed E-state index contributed by atoms with van der Waals surface area (Å²) < 4.78 is 9.96. The molecule has 0 radical (unpaired) electrons. The maximum atomic E-state index is 11.3. The van der Waals surface area contributed by atoms with Crippen molar-refractivity contribution in [3.63, 3.8) is 0 Å². The van der Waals surface area contributed by atoms with Crippen LogP contribution in [0.1, 0.15) is 44.6 Å². The number of esters is 1. The van der Waals surface area contributed by atoms with Gasteiger partial charge in [0.05, 0.1) is 7.11 Å². The second kappa shape index (κ2) is 9.13. The lowest BCUT2D eigenvalue weighted by atomic mass is 10.0. The van der Waals surface area contributed by atoms with Crippen LogP contribution in [0.3, 0.4) is 0 Å². The SMILES string of the molecule is COC(=O)c1cc(C(=O)O)nc2nnnn12.O=c1[nH]c(-c2ccc3c(c2)CC[C@@H]3NCl)no1. The minimum Gasteiger partial charge on any atom is -0.477 e. The standard InChI is InChI=1S/C11H10ClN3O2.C7H5N5O4/c12-14-9-4-2-6-5-7(1-3-8(6)9)10-13-11(16)17-15-10;1-16-6(15)4-2-3(5(13)14)8-7-9-10-11-12(4)7/h1,3,5,9,14H,2,4H2,(H,13,15,16);2H,1H3,(H,13,14)/t9-;/m0./s1. The van der Waals surface area contributed by atoms with E-state index in [0.717, 1.165) is 29.0 Å². The van der Waals surface area contributed by atoms with Crippen LogP contribution in [0.25, 0.3) is 17.2 Å². The Morgan fingerprint density at radius 3 is 2.85 bits per heavy atom. The Labute approximate surface area is 188 Å². The molecule has 0 saturated heterocycles. The third kappa shape index (κ3) is 4.42. The number of hydrogen-bond donors (Lipinski definition) is 3. The Morgan fingerprint density at radius 2 is 2.18 bits per heavy atom. The number of benzene rings is 1. The number of H-pyrrole nitrogens is 1. The number of nitrogens with zero attached hydrogens (tertiary/aromatic N) is 6. The van der Waals surface area contributed by atoms with Crippen LogP contribution in [0.4, 0.5) is 0 Å². The number of ether oxygens (including phenoxy) is 1. The van der Waals surface area contributed by atoms with E-state index in [1.165, 1.54) is 18.2 Å². The normalized spacial score (nSPS) is 14.4. The summed E-state index contributed by atoms with van der Waals surface area (Å²) in [5, 5.41) is 22.7. The summed E-state index contributed by atoms with van der Waals surface area (Å²) >= 11 is 5.67. The maximum absolute atomic E-state index is 11.3. The number of aromatic nitrogens is 7. The van der Waals surface area contributed by atoms with Crippen molar-refractivity contribution in [3.05, 3.63) is 57.3 Å². The summed E-state index contributed by atoms with van der Waals surface area (Å²) in [6.07, 6.45) is 1.95. The number of methoxy groups -OCH3 is 1. The first-order valence-corrected chi connectivity index (χ1v) is 9.75. The fraction of sp³-hybridized carbons (Fsp3) is 0.222. The van der Waals surface area contributed by atoms with Crippen molar-refractivity contribution < 1.29 is 24.0 Å². The van der Waals surface area contributed by atoms with Crippen LogP contribution in [0, 0.1) is 0 Å². The van der Waals surface area contributed by atoms with E-state index >= 15 is 0 Å². The molecule has 0 saturated carbocycles. The van der Waals surface area contributed by atoms with Gasteiger partial charge in [0.1, 0.15) is 0 Å². The van der Waals surface area contributed by atoms with Crippen molar-refractivity contribution in [1.29, 1.82) is 0 Å². The van der Waals surface area contributed by atoms with Crippen molar-refractivity contribution >= 4 is 29.5 Å². The van der Waals surface area contributed by atoms with Crippen LogP contribution < -0.4 is 10.6 Å². The average Bonchev–Trinajstić information content (AvgIpc) is 3.56. The third-order valence-corrected chi connectivity index (χ3v) is 5.12. The molecule has 1 atom stereocenters. The Morgan fingerprint density at radius 1 is 1.36 bits per heavy atom. The maximum Gasteiger partial charge on any atom is 0.439 e. The van der Waals surface area contributed by atoms with Gasteiger partial charge in [-0.2, -0.15) is 4.52 Å². The second-order valence-electron chi connectivity index (χ2n) is 6.77. The first-order valence-electron chi connectivity index (χ1n) is 9.37. The fourth-order valence-electron chi connectivity index (χ4n) is 3.33. The van der Waals surface area contributed by atoms with Gasteiger partial charge in [0.2, 0.25) is 0 Å². The van der Waals surface area contributed by atoms with E-state index in [9.17, 15) is 14.4 Å². The van der Waals surface area contributed by atoms with E-state index in [-0.39, 0.29) is 23.2 Å². The summed E-state index contributed by atoms with van der Waals surface area (Å²) in [7, 11) is 1.17. The zero-order valence-electron chi connectivity index (χ0n) is 16.9. The molecule has 3 N–H and O–H groups in total. The molecule has 1 aliphatic rings. The molecule has 3 heterocycles. The van der Waals surface area contributed by atoms with Gasteiger partial charge < -0.3 is 9.84 Å². The number of carbonyl (C=O) groups is 2. The summed E-state index contributed by atoms with van der Waals surface area (Å²) in [6.45, 7) is 0. The molecule has 5 rings (SSSR count). The lowest BCUT2D eigenvalue weighted by molar-refractivity contribution is 0.0590. The Bertz CT molecular complexity index is 1400. The minimum atomic E-state index is -1.28. The molecule has 0 fully saturated rings. The number of carboxylic acid groups (broad SMARTS) is 1. The summed E-state index contributed by atoms with van der Waals surface area (Å²) in [6, 6.07) is 7.16. The number of fused-ring (bicyclic) bond motifs is 2. The van der Waals surface area contributed by atoms with Gasteiger partial charge in [-0.25, -0.2) is 24.2 Å². The number of carboxylic acids is 1. The predicted molar refractivity (Wildman–Crippen MR) is 109 cm³/mol. The number of aryl methyl sites for hydroxylation is 1. The Kier molecular flexibility index (Phi) is 6.10. The summed E-state index contributed by atoms with van der Waals surface area (Å²) in [4.78, 5) is 41.9.